The van der Waals surface area contributed by atoms with E-state index < -0.39 is 54.4 Å². The third-order valence-electron chi connectivity index (χ3n) is 2.68. The molecule has 1 aliphatic heterocycles. The number of nitrogens with zero attached hydrogens (tertiary/aromatic N) is 6. The van der Waals surface area contributed by atoms with Gasteiger partial charge in [0, 0.05) is 15.8 Å². The molecule has 1 heterocycles. The first-order valence-corrected chi connectivity index (χ1v) is 11.3. The molecule has 0 bridgehead atoms. The van der Waals surface area contributed by atoms with Crippen molar-refractivity contribution in [3.63, 3.8) is 0 Å². The Balaban J connectivity index is 2.83. The Hall–Kier alpha value is -1.06. The first-order chi connectivity index (χ1) is 13.1. The van der Waals surface area contributed by atoms with Crippen LogP contribution in [0.2, 0.25) is 0 Å². The predicted octanol–water partition coefficient (Wildman–Crippen LogP) is 1.20. The van der Waals surface area contributed by atoms with E-state index in [1.807, 2.05) is 0 Å². The van der Waals surface area contributed by atoms with Crippen molar-refractivity contribution in [2.24, 2.45) is 10.2 Å². The lowest BCUT2D eigenvalue weighted by atomic mass is 9.96. The fourth-order valence-electron chi connectivity index (χ4n) is 1.86. The first kappa shape index (κ1) is 26.0. The van der Waals surface area contributed by atoms with Gasteiger partial charge >= 0.3 is 29.6 Å². The smallest absolute Gasteiger partial charge is 0.380 e. The van der Waals surface area contributed by atoms with Crippen LogP contribution in [0.4, 0.5) is 4.39 Å². The molecule has 0 aliphatic carbocycles. The highest BCUT2D eigenvalue weighted by atomic mass is 31.3. The zero-order valence-corrected chi connectivity index (χ0v) is 16.4. The fraction of sp³-hybridized carbons (Fsp3) is 1.00. The average Bonchev–Trinajstić information content (AvgIpc) is 2.81. The minimum atomic E-state index is -5.74. The molecule has 1 rings (SSSR count). The Bertz CT molecular complexity index is 826. The van der Waals surface area contributed by atoms with E-state index in [2.05, 4.69) is 37.9 Å². The summed E-state index contributed by atoms with van der Waals surface area (Å²) in [6, 6.07) is -1.14. The molecule has 4 N–H and O–H groups in total. The minimum absolute atomic E-state index is 0.308. The van der Waals surface area contributed by atoms with Gasteiger partial charge in [0.25, 0.3) is 0 Å². The van der Waals surface area contributed by atoms with Crippen LogP contribution in [0.1, 0.15) is 6.42 Å². The number of ether oxygens (including phenoxy) is 2. The Morgan fingerprint density at radius 1 is 1.14 bits per heavy atom. The molecule has 5 atom stereocenters. The third kappa shape index (κ3) is 9.53. The van der Waals surface area contributed by atoms with E-state index in [-0.39, 0.29) is 6.42 Å². The molecule has 0 aromatic carbocycles. The normalized spacial score (nSPS) is 28.2. The molecule has 4 unspecified atom stereocenters. The molecule has 0 spiro atoms. The summed E-state index contributed by atoms with van der Waals surface area (Å²) in [5.74, 6) is 0. The summed E-state index contributed by atoms with van der Waals surface area (Å²) in [6.45, 7) is -1.02. The third-order valence-corrected chi connectivity index (χ3v) is 6.49. The molecule has 1 saturated heterocycles. The zero-order chi connectivity index (χ0) is 22.5. The van der Waals surface area contributed by atoms with Crippen LogP contribution in [0.5, 0.6) is 0 Å². The number of rotatable bonds is 11. The highest BCUT2D eigenvalue weighted by Crippen LogP contribution is 2.66. The van der Waals surface area contributed by atoms with Gasteiger partial charge in [0.2, 0.25) is 0 Å². The van der Waals surface area contributed by atoms with Crippen molar-refractivity contribution in [2.75, 3.05) is 6.61 Å². The van der Waals surface area contributed by atoms with Crippen LogP contribution >= 0.6 is 23.5 Å². The minimum Gasteiger partial charge on any atom is -0.380 e. The molecule has 1 aliphatic rings. The summed E-state index contributed by atoms with van der Waals surface area (Å²) in [4.78, 5) is 39.4. The lowest BCUT2D eigenvalue weighted by Gasteiger charge is -2.24. The first-order valence-electron chi connectivity index (χ1n) is 6.79. The molecule has 162 valence electrons. The van der Waals surface area contributed by atoms with Crippen LogP contribution < -0.4 is 0 Å². The summed E-state index contributed by atoms with van der Waals surface area (Å²) in [6.07, 6.45) is -6.80. The SMILES string of the molecule is [B]C1C[C@@H](OC(F)(N=[N+]=[N-])N=[N+]=[N-])C(COP(=O)(O)OP(=O)(O)OP(=O)(O)O)O1. The van der Waals surface area contributed by atoms with Crippen LogP contribution in [-0.2, 0) is 36.3 Å². The summed E-state index contributed by atoms with van der Waals surface area (Å²) in [5, 5.41) is 5.01. The van der Waals surface area contributed by atoms with Gasteiger partial charge < -0.3 is 29.0 Å². The Labute approximate surface area is 161 Å². The van der Waals surface area contributed by atoms with Crippen LogP contribution in [-0.4, -0.2) is 58.3 Å². The number of alkyl halides is 1. The molecule has 0 aromatic rings. The lowest BCUT2D eigenvalue weighted by molar-refractivity contribution is -0.184. The van der Waals surface area contributed by atoms with Crippen LogP contribution in [0.15, 0.2) is 10.2 Å². The molecule has 0 aromatic heterocycles. The topological polar surface area (TPSA) is 276 Å². The second-order valence-electron chi connectivity index (χ2n) is 4.90. The number of hydrogen-bond donors (Lipinski definition) is 4. The second-order valence-corrected chi connectivity index (χ2v) is 9.32. The second kappa shape index (κ2) is 9.83. The van der Waals surface area contributed by atoms with Crippen molar-refractivity contribution >= 4 is 31.3 Å². The standard InChI is InChI=1S/C6H11BFN6O12P3/c7-5-1-3(24-6(8,11-13-9)12-14-10)4(23-5)2-22-28(18,19)26-29(20,21)25-27(15,16)17/h3-5H,1-2H2,(H,18,19)(H,20,21)(H2,15,16,17)/t3-,4?,5?/m1/s1. The maximum Gasteiger partial charge on any atom is 0.490 e. The fourth-order valence-corrected chi connectivity index (χ4v) is 4.89. The van der Waals surface area contributed by atoms with E-state index in [0.29, 0.717) is 0 Å². The van der Waals surface area contributed by atoms with E-state index >= 15 is 0 Å². The predicted molar refractivity (Wildman–Crippen MR) is 85.9 cm³/mol. The molecule has 2 radical (unpaired) electrons. The van der Waals surface area contributed by atoms with Crippen molar-refractivity contribution in [3.8, 4) is 0 Å². The van der Waals surface area contributed by atoms with Gasteiger partial charge in [-0.2, -0.15) is 13.0 Å². The van der Waals surface area contributed by atoms with Gasteiger partial charge in [0.05, 0.1) is 12.7 Å². The van der Waals surface area contributed by atoms with Crippen molar-refractivity contribution in [2.45, 2.75) is 30.7 Å². The Kier molecular flexibility index (Phi) is 8.81. The van der Waals surface area contributed by atoms with E-state index in [1.165, 1.54) is 0 Å². The largest absolute Gasteiger partial charge is 0.490 e. The molecule has 0 saturated carbocycles. The van der Waals surface area contributed by atoms with E-state index in [0.717, 1.165) is 0 Å². The van der Waals surface area contributed by atoms with Gasteiger partial charge in [0.1, 0.15) is 14.0 Å². The lowest BCUT2D eigenvalue weighted by Crippen LogP contribution is -2.35. The van der Waals surface area contributed by atoms with Gasteiger partial charge in [-0.05, 0) is 27.7 Å². The van der Waals surface area contributed by atoms with Crippen molar-refractivity contribution in [1.29, 1.82) is 0 Å². The summed E-state index contributed by atoms with van der Waals surface area (Å²) in [5.41, 5.74) is 16.6. The van der Waals surface area contributed by atoms with Gasteiger partial charge in [-0.25, -0.2) is 13.7 Å². The maximum atomic E-state index is 14.1. The van der Waals surface area contributed by atoms with Crippen LogP contribution in [0.3, 0.4) is 0 Å². The molecule has 29 heavy (non-hydrogen) atoms. The summed E-state index contributed by atoms with van der Waals surface area (Å²) >= 11 is 0. The molecule has 0 amide bonds. The molecule has 23 heteroatoms. The van der Waals surface area contributed by atoms with Crippen LogP contribution in [0.25, 0.3) is 20.9 Å². The summed E-state index contributed by atoms with van der Waals surface area (Å²) < 4.78 is 68.5. The van der Waals surface area contributed by atoms with Gasteiger partial charge in [0.15, 0.2) is 0 Å². The van der Waals surface area contributed by atoms with Gasteiger partial charge in [-0.3, -0.25) is 4.52 Å². The number of hydrogen-bond acceptors (Lipinski definition) is 10. The van der Waals surface area contributed by atoms with Crippen molar-refractivity contribution in [3.05, 3.63) is 20.9 Å². The van der Waals surface area contributed by atoms with Crippen LogP contribution in [0, 0.1) is 0 Å². The molecular weight excluding hydrogens is 471 g/mol. The van der Waals surface area contributed by atoms with Gasteiger partial charge in [-0.1, -0.05) is 0 Å². The molecule has 18 nitrogen and oxygen atoms in total. The quantitative estimate of drug-likeness (QED) is 0.0807. The number of azide groups is 1. The highest BCUT2D eigenvalue weighted by Gasteiger charge is 2.44. The molecule has 1 fully saturated rings. The monoisotopic (exact) mass is 482 g/mol. The Morgan fingerprint density at radius 3 is 2.17 bits per heavy atom. The molecular formula is C6H11BFN6O12P3. The van der Waals surface area contributed by atoms with E-state index in [9.17, 15) is 23.0 Å². The average molecular weight is 482 g/mol. The summed E-state index contributed by atoms with van der Waals surface area (Å²) in [7, 11) is -11.4. The van der Waals surface area contributed by atoms with Crippen molar-refractivity contribution in [1.82, 2.24) is 0 Å². The number of halogens is 1. The van der Waals surface area contributed by atoms with Crippen molar-refractivity contribution < 1.29 is 60.3 Å². The maximum absolute atomic E-state index is 14.1. The van der Waals surface area contributed by atoms with E-state index in [4.69, 9.17) is 38.3 Å². The number of phosphoric ester groups is 1. The van der Waals surface area contributed by atoms with E-state index in [1.54, 1.807) is 0 Å². The Morgan fingerprint density at radius 2 is 1.69 bits per heavy atom. The number of phosphoric acid groups is 3. The van der Waals surface area contributed by atoms with Gasteiger partial charge in [-0.15, -0.1) is 0 Å². The highest BCUT2D eigenvalue weighted by molar-refractivity contribution is 7.66. The zero-order valence-electron chi connectivity index (χ0n) is 13.7.